The zero-order chi connectivity index (χ0) is 12.7. The Kier molecular flexibility index (Phi) is 5.82. The number of nitriles is 1. The minimum Gasteiger partial charge on any atom is -0.491 e. The number of nitrogens with zero attached hydrogens (tertiary/aromatic N) is 1. The molecule has 0 saturated heterocycles. The Hall–Kier alpha value is -1.24. The van der Waals surface area contributed by atoms with Crippen LogP contribution in [0.5, 0.6) is 5.75 Å². The average Bonchev–Trinajstić information content (AvgIpc) is 2.28. The van der Waals surface area contributed by atoms with Crippen LogP contribution < -0.4 is 4.74 Å². The van der Waals surface area contributed by atoms with Crippen molar-refractivity contribution >= 4 is 11.6 Å². The summed E-state index contributed by atoms with van der Waals surface area (Å²) in [6.45, 7) is 5.96. The third kappa shape index (κ3) is 5.08. The molecule has 0 aliphatic heterocycles. The molecule has 0 unspecified atom stereocenters. The van der Waals surface area contributed by atoms with Gasteiger partial charge in [-0.2, -0.15) is 5.26 Å². The predicted octanol–water partition coefficient (Wildman–Crippen LogP) is 3.26. The molecule has 0 aromatic heterocycles. The van der Waals surface area contributed by atoms with E-state index in [1.807, 2.05) is 6.07 Å². The van der Waals surface area contributed by atoms with Crippen molar-refractivity contribution in [1.82, 2.24) is 0 Å². The van der Waals surface area contributed by atoms with Gasteiger partial charge < -0.3 is 9.47 Å². The summed E-state index contributed by atoms with van der Waals surface area (Å²) in [5, 5.41) is 9.12. The number of halogens is 1. The van der Waals surface area contributed by atoms with Gasteiger partial charge in [0, 0.05) is 12.7 Å². The molecule has 0 atom stereocenters. The molecule has 92 valence electrons. The lowest BCUT2D eigenvalue weighted by Crippen LogP contribution is -2.10. The summed E-state index contributed by atoms with van der Waals surface area (Å²) in [7, 11) is 0. The van der Waals surface area contributed by atoms with Gasteiger partial charge in [-0.25, -0.2) is 0 Å². The molecule has 0 aliphatic carbocycles. The lowest BCUT2D eigenvalue weighted by Gasteiger charge is -2.09. The van der Waals surface area contributed by atoms with Crippen LogP contribution in [-0.2, 0) is 4.74 Å². The molecule has 1 rings (SSSR count). The fraction of sp³-hybridized carbons (Fsp3) is 0.462. The second-order valence-corrected chi connectivity index (χ2v) is 4.48. The lowest BCUT2D eigenvalue weighted by atomic mass is 10.2. The minimum absolute atomic E-state index is 0.410. The fourth-order valence-corrected chi connectivity index (χ4v) is 1.43. The Bertz CT molecular complexity index is 399. The summed E-state index contributed by atoms with van der Waals surface area (Å²) in [5.74, 6) is 1.18. The first kappa shape index (κ1) is 13.8. The van der Waals surface area contributed by atoms with E-state index in [2.05, 4.69) is 13.8 Å². The van der Waals surface area contributed by atoms with E-state index in [4.69, 9.17) is 26.3 Å². The molecular weight excluding hydrogens is 238 g/mol. The highest BCUT2D eigenvalue weighted by Crippen LogP contribution is 2.21. The maximum absolute atomic E-state index is 8.71. The Morgan fingerprint density at radius 3 is 2.71 bits per heavy atom. The van der Waals surface area contributed by atoms with Crippen molar-refractivity contribution in [1.29, 1.82) is 5.26 Å². The van der Waals surface area contributed by atoms with Crippen molar-refractivity contribution in [3.05, 3.63) is 28.8 Å². The monoisotopic (exact) mass is 253 g/mol. The first-order valence-corrected chi connectivity index (χ1v) is 5.91. The van der Waals surface area contributed by atoms with Gasteiger partial charge >= 0.3 is 0 Å². The molecule has 0 bridgehead atoms. The number of hydrogen-bond donors (Lipinski definition) is 0. The topological polar surface area (TPSA) is 42.2 Å². The standard InChI is InChI=1S/C13H16ClNO2/c1-10(2)9-16-5-6-17-12-4-3-11(8-15)13(14)7-12/h3-4,7,10H,5-6,9H2,1-2H3. The van der Waals surface area contributed by atoms with Crippen molar-refractivity contribution in [3.8, 4) is 11.8 Å². The maximum atomic E-state index is 8.71. The normalized spacial score (nSPS) is 10.3. The minimum atomic E-state index is 0.410. The van der Waals surface area contributed by atoms with Crippen molar-refractivity contribution in [2.45, 2.75) is 13.8 Å². The Morgan fingerprint density at radius 2 is 2.12 bits per heavy atom. The van der Waals surface area contributed by atoms with Crippen LogP contribution in [0.2, 0.25) is 5.02 Å². The van der Waals surface area contributed by atoms with E-state index in [0.29, 0.717) is 35.5 Å². The molecule has 1 aromatic carbocycles. The second-order valence-electron chi connectivity index (χ2n) is 4.07. The molecule has 0 fully saturated rings. The smallest absolute Gasteiger partial charge is 0.120 e. The molecule has 0 aliphatic rings. The zero-order valence-corrected chi connectivity index (χ0v) is 10.8. The van der Waals surface area contributed by atoms with Crippen LogP contribution in [0.3, 0.4) is 0 Å². The number of rotatable bonds is 6. The molecule has 3 nitrogen and oxygen atoms in total. The van der Waals surface area contributed by atoms with Gasteiger partial charge in [-0.15, -0.1) is 0 Å². The van der Waals surface area contributed by atoms with E-state index in [9.17, 15) is 0 Å². The van der Waals surface area contributed by atoms with Gasteiger partial charge in [0.2, 0.25) is 0 Å². The van der Waals surface area contributed by atoms with Gasteiger partial charge in [0.25, 0.3) is 0 Å². The van der Waals surface area contributed by atoms with E-state index >= 15 is 0 Å². The van der Waals surface area contributed by atoms with E-state index in [1.165, 1.54) is 0 Å². The summed E-state index contributed by atoms with van der Waals surface area (Å²) in [6, 6.07) is 7.02. The van der Waals surface area contributed by atoms with Crippen LogP contribution in [0.4, 0.5) is 0 Å². The molecule has 0 spiro atoms. The molecule has 0 amide bonds. The largest absolute Gasteiger partial charge is 0.491 e. The summed E-state index contributed by atoms with van der Waals surface area (Å²) in [4.78, 5) is 0. The van der Waals surface area contributed by atoms with Crippen LogP contribution in [0.1, 0.15) is 19.4 Å². The third-order valence-electron chi connectivity index (χ3n) is 2.01. The highest BCUT2D eigenvalue weighted by molar-refractivity contribution is 6.31. The zero-order valence-electron chi connectivity index (χ0n) is 10.1. The Morgan fingerprint density at radius 1 is 1.35 bits per heavy atom. The van der Waals surface area contributed by atoms with E-state index in [0.717, 1.165) is 6.61 Å². The number of hydrogen-bond acceptors (Lipinski definition) is 3. The highest BCUT2D eigenvalue weighted by Gasteiger charge is 2.01. The molecule has 4 heteroatoms. The summed E-state index contributed by atoms with van der Waals surface area (Å²) in [5.41, 5.74) is 0.454. The summed E-state index contributed by atoms with van der Waals surface area (Å²) in [6.07, 6.45) is 0. The van der Waals surface area contributed by atoms with Crippen molar-refractivity contribution in [2.75, 3.05) is 19.8 Å². The fourth-order valence-electron chi connectivity index (χ4n) is 1.21. The molecule has 0 saturated carbocycles. The van der Waals surface area contributed by atoms with Crippen LogP contribution in [0.25, 0.3) is 0 Å². The molecular formula is C13H16ClNO2. The Balaban J connectivity index is 2.33. The second kappa shape index (κ2) is 7.16. The molecule has 1 aromatic rings. The van der Waals surface area contributed by atoms with Gasteiger partial charge in [0.05, 0.1) is 17.2 Å². The molecule has 0 heterocycles. The van der Waals surface area contributed by atoms with Crippen LogP contribution in [-0.4, -0.2) is 19.8 Å². The SMILES string of the molecule is CC(C)COCCOc1ccc(C#N)c(Cl)c1. The van der Waals surface area contributed by atoms with E-state index in [1.54, 1.807) is 18.2 Å². The first-order chi connectivity index (χ1) is 8.13. The van der Waals surface area contributed by atoms with Crippen LogP contribution in [0, 0.1) is 17.2 Å². The van der Waals surface area contributed by atoms with Gasteiger partial charge in [0.1, 0.15) is 18.4 Å². The van der Waals surface area contributed by atoms with Gasteiger partial charge in [-0.1, -0.05) is 25.4 Å². The molecule has 17 heavy (non-hydrogen) atoms. The van der Waals surface area contributed by atoms with Gasteiger partial charge in [-0.05, 0) is 18.1 Å². The highest BCUT2D eigenvalue weighted by atomic mass is 35.5. The Labute approximate surface area is 107 Å². The van der Waals surface area contributed by atoms with Crippen molar-refractivity contribution < 1.29 is 9.47 Å². The summed E-state index contributed by atoms with van der Waals surface area (Å²) >= 11 is 5.88. The third-order valence-corrected chi connectivity index (χ3v) is 2.32. The van der Waals surface area contributed by atoms with Crippen molar-refractivity contribution in [2.24, 2.45) is 5.92 Å². The lowest BCUT2D eigenvalue weighted by molar-refractivity contribution is 0.0819. The van der Waals surface area contributed by atoms with Gasteiger partial charge in [0.15, 0.2) is 0 Å². The van der Waals surface area contributed by atoms with E-state index in [-0.39, 0.29) is 0 Å². The first-order valence-electron chi connectivity index (χ1n) is 5.53. The molecule has 0 N–H and O–H groups in total. The molecule has 0 radical (unpaired) electrons. The summed E-state index contributed by atoms with van der Waals surface area (Å²) < 4.78 is 10.8. The number of benzene rings is 1. The predicted molar refractivity (Wildman–Crippen MR) is 67.3 cm³/mol. The van der Waals surface area contributed by atoms with Crippen LogP contribution >= 0.6 is 11.6 Å². The van der Waals surface area contributed by atoms with Crippen molar-refractivity contribution in [3.63, 3.8) is 0 Å². The van der Waals surface area contributed by atoms with E-state index < -0.39 is 0 Å². The average molecular weight is 254 g/mol. The maximum Gasteiger partial charge on any atom is 0.120 e. The van der Waals surface area contributed by atoms with Crippen LogP contribution in [0.15, 0.2) is 18.2 Å². The quantitative estimate of drug-likeness (QED) is 0.731. The van der Waals surface area contributed by atoms with Gasteiger partial charge in [-0.3, -0.25) is 0 Å². The number of ether oxygens (including phenoxy) is 2.